The summed E-state index contributed by atoms with van der Waals surface area (Å²) in [6.45, 7) is 14.4. The third-order valence-corrected chi connectivity index (χ3v) is 14.6. The van der Waals surface area contributed by atoms with Crippen molar-refractivity contribution in [1.29, 1.82) is 0 Å². The van der Waals surface area contributed by atoms with Crippen LogP contribution >= 0.6 is 0 Å². The molecule has 1 N–H and O–H groups in total. The van der Waals surface area contributed by atoms with Crippen LogP contribution in [0.1, 0.15) is 111 Å². The number of fused-ring (bicyclic) bond motifs is 7. The second-order valence-corrected chi connectivity index (χ2v) is 16.0. The van der Waals surface area contributed by atoms with Crippen molar-refractivity contribution in [2.24, 2.45) is 56.7 Å². The summed E-state index contributed by atoms with van der Waals surface area (Å²) in [7, 11) is 0. The Morgan fingerprint density at radius 1 is 0.825 bits per heavy atom. The molecule has 0 saturated heterocycles. The van der Waals surface area contributed by atoms with Crippen LogP contribution in [-0.4, -0.2) is 23.0 Å². The van der Waals surface area contributed by atoms with Gasteiger partial charge in [-0.1, -0.05) is 65.0 Å². The first-order valence-corrected chi connectivity index (χ1v) is 16.2. The average Bonchev–Trinajstić information content (AvgIpc) is 3.32. The number of rotatable bonds is 4. The van der Waals surface area contributed by atoms with Crippen molar-refractivity contribution in [3.8, 4) is 0 Å². The molecule has 220 valence electrons. The van der Waals surface area contributed by atoms with Gasteiger partial charge < -0.3 is 9.84 Å². The zero-order valence-electron chi connectivity index (χ0n) is 25.8. The fourth-order valence-electron chi connectivity index (χ4n) is 12.3. The maximum absolute atomic E-state index is 14.1. The van der Waals surface area contributed by atoms with Crippen molar-refractivity contribution in [2.45, 2.75) is 118 Å². The van der Waals surface area contributed by atoms with E-state index in [-0.39, 0.29) is 51.4 Å². The molecule has 0 amide bonds. The van der Waals surface area contributed by atoms with Crippen LogP contribution in [0, 0.1) is 56.7 Å². The molecule has 5 fully saturated rings. The third kappa shape index (κ3) is 3.72. The fourth-order valence-corrected chi connectivity index (χ4v) is 12.3. The van der Waals surface area contributed by atoms with Gasteiger partial charge in [-0.05, 0) is 122 Å². The zero-order valence-corrected chi connectivity index (χ0v) is 25.8. The van der Waals surface area contributed by atoms with Gasteiger partial charge in [0.1, 0.15) is 12.4 Å². The number of hydrogen-bond donors (Lipinski definition) is 1. The first kappa shape index (κ1) is 28.4. The monoisotopic (exact) mass is 548 g/mol. The van der Waals surface area contributed by atoms with Gasteiger partial charge in [0.25, 0.3) is 0 Å². The summed E-state index contributed by atoms with van der Waals surface area (Å²) in [6.07, 6.45) is 9.91. The molecule has 0 spiro atoms. The molecule has 1 aromatic carbocycles. The third-order valence-electron chi connectivity index (χ3n) is 14.6. The van der Waals surface area contributed by atoms with Crippen LogP contribution < -0.4 is 0 Å². The predicted molar refractivity (Wildman–Crippen MR) is 157 cm³/mol. The highest BCUT2D eigenvalue weighted by molar-refractivity contribution is 5.84. The van der Waals surface area contributed by atoms with Gasteiger partial charge in [0, 0.05) is 5.92 Å². The van der Waals surface area contributed by atoms with E-state index in [0.717, 1.165) is 50.5 Å². The molecule has 40 heavy (non-hydrogen) atoms. The number of ether oxygens (including phenoxy) is 1. The molecule has 5 aliphatic carbocycles. The first-order chi connectivity index (χ1) is 18.8. The Morgan fingerprint density at radius 2 is 1.55 bits per heavy atom. The number of hydrogen-bond acceptors (Lipinski definition) is 4. The molecule has 4 heteroatoms. The van der Waals surface area contributed by atoms with Crippen LogP contribution in [0.15, 0.2) is 30.3 Å². The lowest BCUT2D eigenvalue weighted by Gasteiger charge is -2.72. The molecule has 5 saturated carbocycles. The lowest BCUT2D eigenvalue weighted by Crippen LogP contribution is -2.67. The number of benzene rings is 1. The molecule has 0 aliphatic heterocycles. The van der Waals surface area contributed by atoms with Crippen molar-refractivity contribution in [3.63, 3.8) is 0 Å². The van der Waals surface area contributed by atoms with Gasteiger partial charge >= 0.3 is 5.97 Å². The Labute approximate surface area is 242 Å². The molecule has 1 aromatic rings. The number of carbonyl (C=O) groups is 2. The van der Waals surface area contributed by atoms with Crippen LogP contribution in [0.5, 0.6) is 0 Å². The Balaban J connectivity index is 1.34. The number of esters is 1. The Kier molecular flexibility index (Phi) is 6.69. The number of ketones is 1. The fraction of sp³-hybridized carbons (Fsp3) is 0.778. The van der Waals surface area contributed by atoms with E-state index in [0.29, 0.717) is 24.4 Å². The minimum absolute atomic E-state index is 0.0373. The van der Waals surface area contributed by atoms with Crippen LogP contribution in [-0.2, 0) is 20.9 Å². The van der Waals surface area contributed by atoms with Crippen LogP contribution in [0.4, 0.5) is 0 Å². The highest BCUT2D eigenvalue weighted by atomic mass is 16.5. The smallest absolute Gasteiger partial charge is 0.312 e. The summed E-state index contributed by atoms with van der Waals surface area (Å²) in [6, 6.07) is 9.98. The molecular formula is C36H52O4. The Morgan fingerprint density at radius 3 is 2.25 bits per heavy atom. The zero-order chi connectivity index (χ0) is 28.7. The molecule has 6 rings (SSSR count). The van der Waals surface area contributed by atoms with Gasteiger partial charge in [-0.2, -0.15) is 0 Å². The molecule has 5 aliphatic rings. The maximum Gasteiger partial charge on any atom is 0.312 e. The quantitative estimate of drug-likeness (QED) is 0.391. The topological polar surface area (TPSA) is 63.6 Å². The van der Waals surface area contributed by atoms with Gasteiger partial charge in [-0.15, -0.1) is 0 Å². The molecule has 10 atom stereocenters. The second-order valence-electron chi connectivity index (χ2n) is 16.0. The van der Waals surface area contributed by atoms with Crippen molar-refractivity contribution >= 4 is 11.8 Å². The minimum Gasteiger partial charge on any atom is -0.460 e. The lowest BCUT2D eigenvalue weighted by molar-refractivity contribution is -0.249. The standard InChI is InChI=1S/C36H52O4/c1-23(37)25-14-19-36(31(39)40-22-24-10-8-7-9-11-24)21-20-34(5)26(30(25)36)12-13-28-33(4)17-16-29(38)32(2,3)27(33)15-18-35(28,34)6/h7-11,25-30,38H,12-22H2,1-6H3/t25-,26+,27?,28?,29-,30?,33-,34+,35+,36-/m0/s1. The molecule has 0 bridgehead atoms. The van der Waals surface area contributed by atoms with Gasteiger partial charge in [0.2, 0.25) is 0 Å². The summed E-state index contributed by atoms with van der Waals surface area (Å²) in [5.41, 5.74) is 0.921. The van der Waals surface area contributed by atoms with E-state index in [9.17, 15) is 14.7 Å². The molecule has 0 aromatic heterocycles. The van der Waals surface area contributed by atoms with Crippen molar-refractivity contribution in [2.75, 3.05) is 0 Å². The summed E-state index contributed by atoms with van der Waals surface area (Å²) in [5, 5.41) is 11.0. The first-order valence-electron chi connectivity index (χ1n) is 16.2. The normalized spacial score (nSPS) is 47.3. The van der Waals surface area contributed by atoms with E-state index in [1.807, 2.05) is 30.3 Å². The van der Waals surface area contributed by atoms with Crippen molar-refractivity contribution < 1.29 is 19.4 Å². The van der Waals surface area contributed by atoms with Gasteiger partial charge in [0.15, 0.2) is 0 Å². The van der Waals surface area contributed by atoms with Crippen LogP contribution in [0.2, 0.25) is 0 Å². The lowest BCUT2D eigenvalue weighted by atomic mass is 9.32. The number of aliphatic hydroxyl groups is 1. The van der Waals surface area contributed by atoms with Crippen LogP contribution in [0.3, 0.4) is 0 Å². The predicted octanol–water partition coefficient (Wildman–Crippen LogP) is 7.76. The van der Waals surface area contributed by atoms with E-state index in [1.54, 1.807) is 6.92 Å². The van der Waals surface area contributed by atoms with E-state index in [4.69, 9.17) is 4.74 Å². The SMILES string of the molecule is CC(=O)[C@@H]1CC[C@]2(C(=O)OCc3ccccc3)CC[C@]3(C)[C@H](CCC4[C@@]5(C)CC[C@H](O)C(C)(C)C5CC[C@]43C)C12. The van der Waals surface area contributed by atoms with Crippen LogP contribution in [0.25, 0.3) is 0 Å². The molecule has 0 radical (unpaired) electrons. The largest absolute Gasteiger partial charge is 0.460 e. The summed E-state index contributed by atoms with van der Waals surface area (Å²) >= 11 is 0. The Bertz CT molecular complexity index is 1160. The van der Waals surface area contributed by atoms with Gasteiger partial charge in [-0.25, -0.2) is 0 Å². The summed E-state index contributed by atoms with van der Waals surface area (Å²) in [4.78, 5) is 27.2. The Hall–Kier alpha value is -1.68. The number of aliphatic hydroxyl groups excluding tert-OH is 1. The molecule has 4 nitrogen and oxygen atoms in total. The average molecular weight is 549 g/mol. The second kappa shape index (κ2) is 9.41. The number of carbonyl (C=O) groups excluding carboxylic acids is 2. The number of Topliss-reactive ketones (excluding diaryl/α,β-unsaturated/α-hetero) is 1. The minimum atomic E-state index is -0.531. The maximum atomic E-state index is 14.1. The van der Waals surface area contributed by atoms with E-state index in [1.165, 1.54) is 19.3 Å². The van der Waals surface area contributed by atoms with Crippen molar-refractivity contribution in [1.82, 2.24) is 0 Å². The molecular weight excluding hydrogens is 496 g/mol. The summed E-state index contributed by atoms with van der Waals surface area (Å²) < 4.78 is 6.09. The summed E-state index contributed by atoms with van der Waals surface area (Å²) in [5.74, 6) is 1.77. The highest BCUT2D eigenvalue weighted by Gasteiger charge is 2.72. The van der Waals surface area contributed by atoms with Gasteiger partial charge in [0.05, 0.1) is 11.5 Å². The van der Waals surface area contributed by atoms with E-state index < -0.39 is 5.41 Å². The molecule has 0 heterocycles. The molecule has 3 unspecified atom stereocenters. The highest BCUT2D eigenvalue weighted by Crippen LogP contribution is 2.77. The van der Waals surface area contributed by atoms with Crippen molar-refractivity contribution in [3.05, 3.63) is 35.9 Å². The van der Waals surface area contributed by atoms with E-state index >= 15 is 0 Å². The van der Waals surface area contributed by atoms with E-state index in [2.05, 4.69) is 34.6 Å². The van der Waals surface area contributed by atoms with Gasteiger partial charge in [-0.3, -0.25) is 9.59 Å².